The van der Waals surface area contributed by atoms with E-state index in [0.29, 0.717) is 5.91 Å². The highest BCUT2D eigenvalue weighted by Gasteiger charge is 2.29. The van der Waals surface area contributed by atoms with Crippen molar-refractivity contribution in [1.82, 2.24) is 15.5 Å². The Kier molecular flexibility index (Phi) is 5.40. The maximum absolute atomic E-state index is 12.4. The number of nitrogens with one attached hydrogen (secondary N) is 2. The molecule has 0 unspecified atom stereocenters. The quantitative estimate of drug-likeness (QED) is 0.802. The number of rotatable bonds is 3. The summed E-state index contributed by atoms with van der Waals surface area (Å²) in [6.45, 7) is 7.22. The number of hydrogen-bond acceptors (Lipinski definition) is 3. The van der Waals surface area contributed by atoms with Crippen LogP contribution in [-0.2, 0) is 9.59 Å². The predicted molar refractivity (Wildman–Crippen MR) is 78.2 cm³/mol. The van der Waals surface area contributed by atoms with Crippen molar-refractivity contribution >= 4 is 11.8 Å². The molecule has 0 aromatic carbocycles. The molecule has 2 aliphatic rings. The molecule has 0 aromatic rings. The summed E-state index contributed by atoms with van der Waals surface area (Å²) >= 11 is 0. The molecule has 2 aliphatic heterocycles. The Morgan fingerprint density at radius 1 is 1.20 bits per heavy atom. The first-order valence-corrected chi connectivity index (χ1v) is 7.88. The first kappa shape index (κ1) is 15.3. The summed E-state index contributed by atoms with van der Waals surface area (Å²) in [4.78, 5) is 26.0. The molecule has 2 heterocycles. The van der Waals surface area contributed by atoms with Gasteiger partial charge in [0.1, 0.15) is 0 Å². The van der Waals surface area contributed by atoms with E-state index in [-0.39, 0.29) is 23.8 Å². The molecule has 2 N–H and O–H groups in total. The number of likely N-dealkylation sites (tertiary alicyclic amines) is 1. The number of carbonyl (C=O) groups excluding carboxylic acids is 2. The molecule has 1 atom stereocenters. The number of amides is 2. The first-order chi connectivity index (χ1) is 9.58. The molecule has 20 heavy (non-hydrogen) atoms. The fourth-order valence-corrected chi connectivity index (χ4v) is 2.93. The van der Waals surface area contributed by atoms with Crippen LogP contribution in [0.1, 0.15) is 39.5 Å². The average molecular weight is 281 g/mol. The van der Waals surface area contributed by atoms with Crippen LogP contribution in [0.3, 0.4) is 0 Å². The largest absolute Gasteiger partial charge is 0.353 e. The summed E-state index contributed by atoms with van der Waals surface area (Å²) in [6, 6.07) is 0.235. The Morgan fingerprint density at radius 3 is 2.45 bits per heavy atom. The Balaban J connectivity index is 1.76. The summed E-state index contributed by atoms with van der Waals surface area (Å²) in [7, 11) is 0. The van der Waals surface area contributed by atoms with Crippen LogP contribution in [0.2, 0.25) is 0 Å². The van der Waals surface area contributed by atoms with E-state index in [1.54, 1.807) is 0 Å². The zero-order chi connectivity index (χ0) is 14.5. The van der Waals surface area contributed by atoms with E-state index in [9.17, 15) is 9.59 Å². The Labute approximate surface area is 121 Å². The molecule has 2 rings (SSSR count). The standard InChI is InChI=1S/C15H27N3O2/c1-11(2)14(19)17-13-5-8-18(9-6-13)15(20)12-4-3-7-16-10-12/h11-13,16H,3-10H2,1-2H3,(H,17,19)/t12-/m1/s1. The second-order valence-electron chi connectivity index (χ2n) is 6.31. The fraction of sp³-hybridized carbons (Fsp3) is 0.867. The Hall–Kier alpha value is -1.10. The number of hydrogen-bond donors (Lipinski definition) is 2. The molecule has 0 aliphatic carbocycles. The van der Waals surface area contributed by atoms with Gasteiger partial charge in [-0.3, -0.25) is 9.59 Å². The molecular weight excluding hydrogens is 254 g/mol. The van der Waals surface area contributed by atoms with Gasteiger partial charge in [0.2, 0.25) is 11.8 Å². The van der Waals surface area contributed by atoms with Crippen molar-refractivity contribution in [3.05, 3.63) is 0 Å². The van der Waals surface area contributed by atoms with Crippen LogP contribution in [0.25, 0.3) is 0 Å². The molecular formula is C15H27N3O2. The zero-order valence-corrected chi connectivity index (χ0v) is 12.7. The SMILES string of the molecule is CC(C)C(=O)NC1CCN(C(=O)[C@@H]2CCCNC2)CC1. The lowest BCUT2D eigenvalue weighted by molar-refractivity contribution is -0.137. The van der Waals surface area contributed by atoms with E-state index < -0.39 is 0 Å². The van der Waals surface area contributed by atoms with Crippen molar-refractivity contribution < 1.29 is 9.59 Å². The van der Waals surface area contributed by atoms with Crippen molar-refractivity contribution in [1.29, 1.82) is 0 Å². The third-order valence-corrected chi connectivity index (χ3v) is 4.32. The molecule has 0 aromatic heterocycles. The number of carbonyl (C=O) groups is 2. The summed E-state index contributed by atoms with van der Waals surface area (Å²) in [6.07, 6.45) is 3.86. The lowest BCUT2D eigenvalue weighted by atomic mass is 9.96. The van der Waals surface area contributed by atoms with Gasteiger partial charge in [0.05, 0.1) is 5.92 Å². The molecule has 5 nitrogen and oxygen atoms in total. The molecule has 0 bridgehead atoms. The minimum atomic E-state index is 0.0305. The van der Waals surface area contributed by atoms with E-state index in [1.165, 1.54) is 0 Å². The topological polar surface area (TPSA) is 61.4 Å². The third kappa shape index (κ3) is 3.95. The molecule has 5 heteroatoms. The Bertz CT molecular complexity index is 343. The van der Waals surface area contributed by atoms with Gasteiger partial charge in [0.25, 0.3) is 0 Å². The lowest BCUT2D eigenvalue weighted by Gasteiger charge is -2.35. The summed E-state index contributed by atoms with van der Waals surface area (Å²) < 4.78 is 0. The van der Waals surface area contributed by atoms with Gasteiger partial charge in [-0.2, -0.15) is 0 Å². The zero-order valence-electron chi connectivity index (χ0n) is 12.7. The van der Waals surface area contributed by atoms with Gasteiger partial charge < -0.3 is 15.5 Å². The number of piperidine rings is 2. The monoisotopic (exact) mass is 281 g/mol. The highest BCUT2D eigenvalue weighted by atomic mass is 16.2. The van der Waals surface area contributed by atoms with E-state index in [0.717, 1.165) is 51.9 Å². The minimum Gasteiger partial charge on any atom is -0.353 e. The van der Waals surface area contributed by atoms with Crippen molar-refractivity contribution in [2.75, 3.05) is 26.2 Å². The van der Waals surface area contributed by atoms with Gasteiger partial charge in [0, 0.05) is 31.6 Å². The van der Waals surface area contributed by atoms with Crippen molar-refractivity contribution in [3.63, 3.8) is 0 Å². The summed E-state index contributed by atoms with van der Waals surface area (Å²) in [5.74, 6) is 0.602. The van der Waals surface area contributed by atoms with Gasteiger partial charge in [0.15, 0.2) is 0 Å². The van der Waals surface area contributed by atoms with Gasteiger partial charge in [-0.05, 0) is 32.2 Å². The fourth-order valence-electron chi connectivity index (χ4n) is 2.93. The van der Waals surface area contributed by atoms with Gasteiger partial charge in [-0.15, -0.1) is 0 Å². The average Bonchev–Trinajstić information content (AvgIpc) is 2.48. The highest BCUT2D eigenvalue weighted by molar-refractivity contribution is 5.80. The van der Waals surface area contributed by atoms with Crippen molar-refractivity contribution in [3.8, 4) is 0 Å². The lowest BCUT2D eigenvalue weighted by Crippen LogP contribution is -2.50. The minimum absolute atomic E-state index is 0.0305. The van der Waals surface area contributed by atoms with Gasteiger partial charge >= 0.3 is 0 Å². The normalized spacial score (nSPS) is 24.8. The van der Waals surface area contributed by atoms with E-state index >= 15 is 0 Å². The van der Waals surface area contributed by atoms with Crippen LogP contribution in [0.5, 0.6) is 0 Å². The molecule has 0 saturated carbocycles. The predicted octanol–water partition coefficient (Wildman–Crippen LogP) is 0.749. The molecule has 2 fully saturated rings. The van der Waals surface area contributed by atoms with Crippen LogP contribution in [0.4, 0.5) is 0 Å². The molecule has 0 spiro atoms. The molecule has 0 radical (unpaired) electrons. The maximum atomic E-state index is 12.4. The van der Waals surface area contributed by atoms with Crippen LogP contribution in [-0.4, -0.2) is 48.9 Å². The van der Waals surface area contributed by atoms with Crippen LogP contribution >= 0.6 is 0 Å². The van der Waals surface area contributed by atoms with Crippen LogP contribution in [0, 0.1) is 11.8 Å². The second kappa shape index (κ2) is 7.07. The molecule has 114 valence electrons. The van der Waals surface area contributed by atoms with Gasteiger partial charge in [-0.25, -0.2) is 0 Å². The van der Waals surface area contributed by atoms with E-state index in [4.69, 9.17) is 0 Å². The molecule has 2 amide bonds. The summed E-state index contributed by atoms with van der Waals surface area (Å²) in [5, 5.41) is 6.37. The summed E-state index contributed by atoms with van der Waals surface area (Å²) in [5.41, 5.74) is 0. The maximum Gasteiger partial charge on any atom is 0.226 e. The van der Waals surface area contributed by atoms with E-state index in [1.807, 2.05) is 18.7 Å². The first-order valence-electron chi connectivity index (χ1n) is 7.88. The highest BCUT2D eigenvalue weighted by Crippen LogP contribution is 2.18. The second-order valence-corrected chi connectivity index (χ2v) is 6.31. The third-order valence-electron chi connectivity index (χ3n) is 4.32. The van der Waals surface area contributed by atoms with Crippen LogP contribution < -0.4 is 10.6 Å². The Morgan fingerprint density at radius 2 is 1.90 bits per heavy atom. The molecule has 2 saturated heterocycles. The van der Waals surface area contributed by atoms with Crippen LogP contribution in [0.15, 0.2) is 0 Å². The number of nitrogens with zero attached hydrogens (tertiary/aromatic N) is 1. The van der Waals surface area contributed by atoms with Crippen molar-refractivity contribution in [2.45, 2.75) is 45.6 Å². The van der Waals surface area contributed by atoms with E-state index in [2.05, 4.69) is 10.6 Å². The van der Waals surface area contributed by atoms with Gasteiger partial charge in [-0.1, -0.05) is 13.8 Å². The van der Waals surface area contributed by atoms with Crippen molar-refractivity contribution in [2.24, 2.45) is 11.8 Å². The smallest absolute Gasteiger partial charge is 0.226 e.